The molecular formula is C27H34FN7O3. The van der Waals surface area contributed by atoms with Crippen LogP contribution in [-0.4, -0.2) is 80.5 Å². The van der Waals surface area contributed by atoms with Gasteiger partial charge in [-0.25, -0.2) is 14.2 Å². The molecule has 1 atom stereocenters. The van der Waals surface area contributed by atoms with Gasteiger partial charge in [0.05, 0.1) is 6.20 Å². The van der Waals surface area contributed by atoms with E-state index in [0.29, 0.717) is 38.0 Å². The number of nitrogens with zero attached hydrogens (tertiary/aromatic N) is 5. The Bertz CT molecular complexity index is 1200. The molecule has 0 aliphatic carbocycles. The van der Waals surface area contributed by atoms with E-state index in [1.807, 2.05) is 6.07 Å². The lowest BCUT2D eigenvalue weighted by Gasteiger charge is -2.32. The maximum Gasteiger partial charge on any atom is 0.407 e. The first kappa shape index (κ1) is 25.9. The van der Waals surface area contributed by atoms with Gasteiger partial charge >= 0.3 is 6.09 Å². The lowest BCUT2D eigenvalue weighted by molar-refractivity contribution is -0.127. The van der Waals surface area contributed by atoms with Crippen LogP contribution in [0.25, 0.3) is 0 Å². The van der Waals surface area contributed by atoms with Crippen molar-refractivity contribution < 1.29 is 19.1 Å². The van der Waals surface area contributed by atoms with E-state index in [-0.39, 0.29) is 17.8 Å². The molecule has 3 aliphatic rings. The molecule has 38 heavy (non-hydrogen) atoms. The Morgan fingerprint density at radius 3 is 2.68 bits per heavy atom. The summed E-state index contributed by atoms with van der Waals surface area (Å²) in [5.41, 5.74) is 3.34. The molecule has 2 saturated heterocycles. The van der Waals surface area contributed by atoms with Crippen molar-refractivity contribution in [2.24, 2.45) is 5.92 Å². The molecule has 2 fully saturated rings. The van der Waals surface area contributed by atoms with Crippen molar-refractivity contribution in [3.8, 4) is 0 Å². The quantitative estimate of drug-likeness (QED) is 0.472. The van der Waals surface area contributed by atoms with Gasteiger partial charge in [0.15, 0.2) is 11.6 Å². The third-order valence-corrected chi connectivity index (χ3v) is 7.64. The molecule has 2 aromatic rings. The second kappa shape index (κ2) is 11.3. The van der Waals surface area contributed by atoms with E-state index in [1.165, 1.54) is 22.1 Å². The summed E-state index contributed by atoms with van der Waals surface area (Å²) in [4.78, 5) is 37.2. The van der Waals surface area contributed by atoms with E-state index >= 15 is 0 Å². The number of fused-ring (bicyclic) bond motifs is 1. The minimum Gasteiger partial charge on any atom is -0.465 e. The molecule has 0 radical (unpaired) electrons. The van der Waals surface area contributed by atoms with Crippen LogP contribution in [0.5, 0.6) is 0 Å². The maximum atomic E-state index is 14.5. The molecule has 2 amide bonds. The number of rotatable bonds is 7. The minimum atomic E-state index is -0.828. The summed E-state index contributed by atoms with van der Waals surface area (Å²) in [5, 5.41) is 15.5. The van der Waals surface area contributed by atoms with Gasteiger partial charge in [-0.05, 0) is 60.9 Å². The summed E-state index contributed by atoms with van der Waals surface area (Å²) in [6.07, 6.45) is 5.05. The van der Waals surface area contributed by atoms with Crippen molar-refractivity contribution in [3.05, 3.63) is 54.0 Å². The van der Waals surface area contributed by atoms with Crippen LogP contribution in [0.15, 0.2) is 37.1 Å². The standard InChI is InChI=1S/C27H34FN7O3/c1-2-24(36)35-9-3-4-22(17-35)30-25-23(28)13-29-26(32-25)31-21-6-5-19-15-33(16-20(19)12-21)14-18-7-10-34(11-8-18)27(37)38/h2,5-6,12-13,18,22H,1,3-4,7-11,14-17H2,(H,37,38)(H2,29,30,31,32). The lowest BCUT2D eigenvalue weighted by Crippen LogP contribution is -2.44. The monoisotopic (exact) mass is 523 g/mol. The molecule has 3 N–H and O–H groups in total. The van der Waals surface area contributed by atoms with E-state index < -0.39 is 11.9 Å². The summed E-state index contributed by atoms with van der Waals surface area (Å²) in [6.45, 7) is 8.57. The van der Waals surface area contributed by atoms with Crippen LogP contribution in [0.1, 0.15) is 36.8 Å². The second-order valence-corrected chi connectivity index (χ2v) is 10.4. The van der Waals surface area contributed by atoms with Gasteiger partial charge in [-0.1, -0.05) is 12.6 Å². The summed E-state index contributed by atoms with van der Waals surface area (Å²) < 4.78 is 14.5. The maximum absolute atomic E-state index is 14.5. The van der Waals surface area contributed by atoms with Crippen LogP contribution in [0.2, 0.25) is 0 Å². The highest BCUT2D eigenvalue weighted by molar-refractivity contribution is 5.87. The number of anilines is 3. The summed E-state index contributed by atoms with van der Waals surface area (Å²) >= 11 is 0. The van der Waals surface area contributed by atoms with Gasteiger partial charge in [-0.15, -0.1) is 0 Å². The number of hydrogen-bond acceptors (Lipinski definition) is 7. The number of aromatic nitrogens is 2. The molecule has 1 aromatic heterocycles. The van der Waals surface area contributed by atoms with Crippen molar-refractivity contribution in [2.45, 2.75) is 44.8 Å². The topological polar surface area (TPSA) is 114 Å². The Balaban J connectivity index is 1.18. The van der Waals surface area contributed by atoms with Crippen LogP contribution < -0.4 is 10.6 Å². The van der Waals surface area contributed by atoms with E-state index in [9.17, 15) is 14.0 Å². The number of piperidine rings is 2. The molecular weight excluding hydrogens is 489 g/mol. The fourth-order valence-electron chi connectivity index (χ4n) is 5.62. The number of halogens is 1. The van der Waals surface area contributed by atoms with Crippen molar-refractivity contribution in [2.75, 3.05) is 43.4 Å². The number of nitrogens with one attached hydrogen (secondary N) is 2. The Morgan fingerprint density at radius 1 is 1.13 bits per heavy atom. The van der Waals surface area contributed by atoms with Gasteiger partial charge in [-0.2, -0.15) is 4.98 Å². The summed E-state index contributed by atoms with van der Waals surface area (Å²) in [6, 6.07) is 6.06. The summed E-state index contributed by atoms with van der Waals surface area (Å²) in [7, 11) is 0. The minimum absolute atomic E-state index is 0.104. The smallest absolute Gasteiger partial charge is 0.407 e. The first-order valence-electron chi connectivity index (χ1n) is 13.2. The van der Waals surface area contributed by atoms with Gasteiger partial charge in [0.1, 0.15) is 0 Å². The Morgan fingerprint density at radius 2 is 1.92 bits per heavy atom. The highest BCUT2D eigenvalue weighted by atomic mass is 19.1. The molecule has 0 spiro atoms. The van der Waals surface area contributed by atoms with Crippen molar-refractivity contribution in [1.82, 2.24) is 24.7 Å². The summed E-state index contributed by atoms with van der Waals surface area (Å²) in [5.74, 6) is 0.245. The van der Waals surface area contributed by atoms with Crippen LogP contribution >= 0.6 is 0 Å². The number of benzene rings is 1. The number of likely N-dealkylation sites (tertiary alicyclic amines) is 2. The normalized spacial score (nSPS) is 20.2. The third kappa shape index (κ3) is 6.04. The third-order valence-electron chi connectivity index (χ3n) is 7.64. The highest BCUT2D eigenvalue weighted by Gasteiger charge is 2.27. The molecule has 5 rings (SSSR count). The van der Waals surface area contributed by atoms with Crippen molar-refractivity contribution in [3.63, 3.8) is 0 Å². The van der Waals surface area contributed by atoms with E-state index in [1.54, 1.807) is 4.90 Å². The van der Waals surface area contributed by atoms with E-state index in [4.69, 9.17) is 5.11 Å². The van der Waals surface area contributed by atoms with Gasteiger partial charge in [0.25, 0.3) is 0 Å². The fraction of sp³-hybridized carbons (Fsp3) is 0.481. The van der Waals surface area contributed by atoms with Gasteiger partial charge in [-0.3, -0.25) is 9.69 Å². The van der Waals surface area contributed by atoms with Gasteiger partial charge < -0.3 is 25.5 Å². The van der Waals surface area contributed by atoms with Crippen LogP contribution in [0.3, 0.4) is 0 Å². The van der Waals surface area contributed by atoms with Crippen molar-refractivity contribution >= 4 is 29.5 Å². The molecule has 10 nitrogen and oxygen atoms in total. The molecule has 4 heterocycles. The number of carbonyl (C=O) groups is 2. The molecule has 202 valence electrons. The number of hydrogen-bond donors (Lipinski definition) is 3. The van der Waals surface area contributed by atoms with Crippen molar-refractivity contribution in [1.29, 1.82) is 0 Å². The van der Waals surface area contributed by atoms with Crippen LogP contribution in [0.4, 0.5) is 26.6 Å². The number of carboxylic acid groups (broad SMARTS) is 1. The Labute approximate surface area is 221 Å². The van der Waals surface area contributed by atoms with E-state index in [2.05, 4.69) is 44.2 Å². The van der Waals surface area contributed by atoms with Gasteiger partial charge in [0, 0.05) is 57.5 Å². The molecule has 11 heteroatoms. The largest absolute Gasteiger partial charge is 0.465 e. The molecule has 3 aliphatic heterocycles. The van der Waals surface area contributed by atoms with Crippen LogP contribution in [-0.2, 0) is 17.9 Å². The molecule has 1 unspecified atom stereocenters. The Kier molecular flexibility index (Phi) is 7.73. The van der Waals surface area contributed by atoms with Gasteiger partial charge in [0.2, 0.25) is 11.9 Å². The van der Waals surface area contributed by atoms with E-state index in [0.717, 1.165) is 57.2 Å². The predicted molar refractivity (Wildman–Crippen MR) is 142 cm³/mol. The second-order valence-electron chi connectivity index (χ2n) is 10.4. The lowest BCUT2D eigenvalue weighted by atomic mass is 9.96. The Hall–Kier alpha value is -3.73. The average Bonchev–Trinajstić information content (AvgIpc) is 3.32. The molecule has 0 bridgehead atoms. The molecule has 0 saturated carbocycles. The number of amides is 2. The SMILES string of the molecule is C=CC(=O)N1CCCC(Nc2nc(Nc3ccc4c(c3)CN(CC3CCN(C(=O)O)CC3)C4)ncc2F)C1. The zero-order valence-corrected chi connectivity index (χ0v) is 21.4. The highest BCUT2D eigenvalue weighted by Crippen LogP contribution is 2.29. The first-order chi connectivity index (χ1) is 18.4. The predicted octanol–water partition coefficient (Wildman–Crippen LogP) is 3.65. The average molecular weight is 524 g/mol. The molecule has 1 aromatic carbocycles. The van der Waals surface area contributed by atoms with Crippen LogP contribution in [0, 0.1) is 11.7 Å². The zero-order chi connectivity index (χ0) is 26.6. The first-order valence-corrected chi connectivity index (χ1v) is 13.2. The fourth-order valence-corrected chi connectivity index (χ4v) is 5.62. The zero-order valence-electron chi connectivity index (χ0n) is 21.4. The number of carbonyl (C=O) groups excluding carboxylic acids is 1.